The van der Waals surface area contributed by atoms with E-state index in [0.29, 0.717) is 18.7 Å². The molecule has 1 aliphatic rings. The number of carbonyl (C=O) groups excluding carboxylic acids is 2. The normalized spacial score (nSPS) is 13.5. The number of amides is 2. The summed E-state index contributed by atoms with van der Waals surface area (Å²) < 4.78 is 7.29. The predicted molar refractivity (Wildman–Crippen MR) is 171 cm³/mol. The van der Waals surface area contributed by atoms with Crippen LogP contribution >= 0.6 is 0 Å². The number of aromatic nitrogens is 3. The van der Waals surface area contributed by atoms with Crippen LogP contribution in [0.4, 0.5) is 10.5 Å². The summed E-state index contributed by atoms with van der Waals surface area (Å²) in [6.07, 6.45) is 5.38. The summed E-state index contributed by atoms with van der Waals surface area (Å²) in [7, 11) is 0. The van der Waals surface area contributed by atoms with Crippen molar-refractivity contribution in [3.63, 3.8) is 0 Å². The summed E-state index contributed by atoms with van der Waals surface area (Å²) in [6.45, 7) is 12.4. The molecule has 5 aromatic rings. The van der Waals surface area contributed by atoms with E-state index in [1.165, 1.54) is 0 Å². The zero-order chi connectivity index (χ0) is 30.7. The number of rotatable bonds is 4. The summed E-state index contributed by atoms with van der Waals surface area (Å²) in [5.41, 5.74) is 11.2. The van der Waals surface area contributed by atoms with E-state index in [1.54, 1.807) is 21.7 Å². The van der Waals surface area contributed by atoms with Crippen molar-refractivity contribution in [1.82, 2.24) is 19.5 Å². The Bertz CT molecular complexity index is 1760. The van der Waals surface area contributed by atoms with Gasteiger partial charge in [-0.1, -0.05) is 56.3 Å². The van der Waals surface area contributed by atoms with Crippen LogP contribution in [0.25, 0.3) is 38.7 Å². The monoisotopic (exact) mass is 578 g/mol. The molecule has 3 heterocycles. The fourth-order valence-electron chi connectivity index (χ4n) is 5.31. The number of benzene rings is 3. The van der Waals surface area contributed by atoms with Crippen LogP contribution in [0.2, 0.25) is 0 Å². The van der Waals surface area contributed by atoms with E-state index < -0.39 is 11.5 Å². The first kappa shape index (κ1) is 29.6. The van der Waals surface area contributed by atoms with Gasteiger partial charge in [-0.15, -0.1) is 0 Å². The second kappa shape index (κ2) is 12.1. The molecule has 1 saturated heterocycles. The number of ether oxygens (including phenoxy) is 1. The molecule has 0 saturated carbocycles. The molecule has 1 aliphatic heterocycles. The number of hydrogen-bond donors (Lipinski definition) is 1. The lowest BCUT2D eigenvalue weighted by Gasteiger charge is -2.36. The van der Waals surface area contributed by atoms with Gasteiger partial charge in [0.1, 0.15) is 5.60 Å². The number of nitrogens with two attached hydrogens (primary N) is 1. The highest BCUT2D eigenvalue weighted by Gasteiger charge is 2.26. The van der Waals surface area contributed by atoms with E-state index in [0.717, 1.165) is 57.5 Å². The predicted octanol–water partition coefficient (Wildman–Crippen LogP) is 6.40. The second-order valence-electron chi connectivity index (χ2n) is 11.2. The van der Waals surface area contributed by atoms with Crippen molar-refractivity contribution < 1.29 is 14.3 Å². The zero-order valence-electron chi connectivity index (χ0n) is 25.4. The van der Waals surface area contributed by atoms with Crippen LogP contribution in [0.15, 0.2) is 79.3 Å². The molecule has 0 spiro atoms. The average molecular weight is 579 g/mol. The molecule has 43 heavy (non-hydrogen) atoms. The molecule has 0 bridgehead atoms. The fourth-order valence-corrected chi connectivity index (χ4v) is 5.31. The van der Waals surface area contributed by atoms with Crippen LogP contribution in [0.3, 0.4) is 0 Å². The maximum absolute atomic E-state index is 12.4. The highest BCUT2D eigenvalue weighted by Crippen LogP contribution is 2.33. The largest absolute Gasteiger partial charge is 0.444 e. The fraction of sp³-hybridized carbons (Fsp3) is 0.294. The van der Waals surface area contributed by atoms with Crippen molar-refractivity contribution in [2.75, 3.05) is 31.1 Å². The Kier molecular flexibility index (Phi) is 8.34. The van der Waals surface area contributed by atoms with Gasteiger partial charge in [-0.2, -0.15) is 5.10 Å². The van der Waals surface area contributed by atoms with Crippen molar-refractivity contribution in [1.29, 1.82) is 0 Å². The lowest BCUT2D eigenvalue weighted by atomic mass is 9.96. The van der Waals surface area contributed by atoms with Crippen molar-refractivity contribution in [3.05, 3.63) is 84.8 Å². The molecular formula is C34H38N6O3. The van der Waals surface area contributed by atoms with E-state index in [4.69, 9.17) is 15.5 Å². The van der Waals surface area contributed by atoms with Gasteiger partial charge in [0.25, 0.3) is 0 Å². The van der Waals surface area contributed by atoms with Crippen LogP contribution in [-0.4, -0.2) is 63.3 Å². The van der Waals surface area contributed by atoms with Gasteiger partial charge in [-0.05, 0) is 60.9 Å². The first-order chi connectivity index (χ1) is 20.7. The smallest absolute Gasteiger partial charge is 0.410 e. The van der Waals surface area contributed by atoms with Crippen molar-refractivity contribution in [2.45, 2.75) is 40.2 Å². The molecule has 0 radical (unpaired) electrons. The van der Waals surface area contributed by atoms with Gasteiger partial charge in [0.2, 0.25) is 5.91 Å². The minimum absolute atomic E-state index is 0.256. The SMILES string of the molecule is CC.CC(C)(C)OC(=O)N1CCN(c2ccc(-c3cnc4c(-c5cccc6c(C(N)=O)cccc56)cnn4c3)cc2)CC1. The van der Waals surface area contributed by atoms with Gasteiger partial charge in [0.15, 0.2) is 5.65 Å². The Hall–Kier alpha value is -4.92. The van der Waals surface area contributed by atoms with Crippen LogP contribution in [0, 0.1) is 0 Å². The van der Waals surface area contributed by atoms with Gasteiger partial charge in [0, 0.05) is 61.0 Å². The van der Waals surface area contributed by atoms with Crippen LogP contribution in [0.5, 0.6) is 0 Å². The number of anilines is 1. The topological polar surface area (TPSA) is 106 Å². The molecule has 222 valence electrons. The Balaban J connectivity index is 0.00000180. The minimum atomic E-state index is -0.494. The van der Waals surface area contributed by atoms with Gasteiger partial charge < -0.3 is 20.3 Å². The third-order valence-electron chi connectivity index (χ3n) is 7.33. The molecule has 2 amide bonds. The standard InChI is InChI=1S/C32H32N6O3.C2H6/c1-32(2,3)41-31(40)37-16-14-36(15-17-37)23-12-10-21(11-13-23)22-18-34-30-28(19-35-38(30)20-22)26-8-4-7-25-24(26)6-5-9-27(25)29(33)39;1-2/h4-13,18-20H,14-17H2,1-3H3,(H2,33,39);1-2H3. The van der Waals surface area contributed by atoms with Crippen LogP contribution in [-0.2, 0) is 4.74 Å². The maximum atomic E-state index is 12.4. The lowest BCUT2D eigenvalue weighted by Crippen LogP contribution is -2.50. The lowest BCUT2D eigenvalue weighted by molar-refractivity contribution is 0.0240. The Morgan fingerprint density at radius 2 is 1.49 bits per heavy atom. The third-order valence-corrected chi connectivity index (χ3v) is 7.33. The van der Waals surface area contributed by atoms with E-state index in [1.807, 2.05) is 77.3 Å². The molecule has 0 aliphatic carbocycles. The zero-order valence-corrected chi connectivity index (χ0v) is 25.4. The third kappa shape index (κ3) is 6.16. The number of nitrogens with zero attached hydrogens (tertiary/aromatic N) is 5. The molecule has 9 heteroatoms. The number of primary amides is 1. The molecule has 0 atom stereocenters. The number of hydrogen-bond acceptors (Lipinski definition) is 6. The summed E-state index contributed by atoms with van der Waals surface area (Å²) in [5, 5.41) is 6.32. The maximum Gasteiger partial charge on any atom is 0.410 e. The van der Waals surface area contributed by atoms with Crippen LogP contribution in [0.1, 0.15) is 45.0 Å². The quantitative estimate of drug-likeness (QED) is 0.265. The van der Waals surface area contributed by atoms with Gasteiger partial charge in [-0.3, -0.25) is 4.79 Å². The van der Waals surface area contributed by atoms with Crippen LogP contribution < -0.4 is 10.6 Å². The number of carbonyl (C=O) groups is 2. The second-order valence-corrected chi connectivity index (χ2v) is 11.2. The highest BCUT2D eigenvalue weighted by atomic mass is 16.6. The molecule has 9 nitrogen and oxygen atoms in total. The molecule has 3 aromatic carbocycles. The van der Waals surface area contributed by atoms with Crippen molar-refractivity contribution in [2.24, 2.45) is 5.73 Å². The number of fused-ring (bicyclic) bond motifs is 2. The highest BCUT2D eigenvalue weighted by molar-refractivity contribution is 6.10. The van der Waals surface area contributed by atoms with Gasteiger partial charge in [0.05, 0.1) is 6.20 Å². The molecule has 0 unspecified atom stereocenters. The summed E-state index contributed by atoms with van der Waals surface area (Å²) in [5.74, 6) is -0.454. The number of piperazine rings is 1. The van der Waals surface area contributed by atoms with Gasteiger partial charge in [-0.25, -0.2) is 14.3 Å². The minimum Gasteiger partial charge on any atom is -0.444 e. The van der Waals surface area contributed by atoms with Crippen molar-refractivity contribution in [3.8, 4) is 22.3 Å². The molecular weight excluding hydrogens is 540 g/mol. The first-order valence-corrected chi connectivity index (χ1v) is 14.7. The molecule has 2 N–H and O–H groups in total. The average Bonchev–Trinajstić information content (AvgIpc) is 3.44. The van der Waals surface area contributed by atoms with E-state index in [-0.39, 0.29) is 6.09 Å². The van der Waals surface area contributed by atoms with Gasteiger partial charge >= 0.3 is 6.09 Å². The molecule has 1 fully saturated rings. The molecule has 6 rings (SSSR count). The van der Waals surface area contributed by atoms with E-state index >= 15 is 0 Å². The Morgan fingerprint density at radius 3 is 2.16 bits per heavy atom. The Labute approximate surface area is 251 Å². The first-order valence-electron chi connectivity index (χ1n) is 14.7. The summed E-state index contributed by atoms with van der Waals surface area (Å²) in [4.78, 5) is 33.2. The van der Waals surface area contributed by atoms with E-state index in [9.17, 15) is 9.59 Å². The summed E-state index contributed by atoms with van der Waals surface area (Å²) >= 11 is 0. The molecule has 2 aromatic heterocycles. The van der Waals surface area contributed by atoms with Crippen molar-refractivity contribution >= 4 is 34.1 Å². The Morgan fingerprint density at radius 1 is 0.814 bits per heavy atom. The van der Waals surface area contributed by atoms with E-state index in [2.05, 4.69) is 34.3 Å². The summed E-state index contributed by atoms with van der Waals surface area (Å²) in [6, 6.07) is 19.8.